The number of ether oxygens (including phenoxy) is 1. The minimum Gasteiger partial charge on any atom is -0.492 e. The molecule has 1 saturated heterocycles. The van der Waals surface area contributed by atoms with Crippen molar-refractivity contribution in [1.82, 2.24) is 9.88 Å². The first kappa shape index (κ1) is 24.4. The van der Waals surface area contributed by atoms with E-state index in [-0.39, 0.29) is 0 Å². The van der Waals surface area contributed by atoms with E-state index in [0.717, 1.165) is 43.0 Å². The maximum atomic E-state index is 12.3. The van der Waals surface area contributed by atoms with Gasteiger partial charge in [0, 0.05) is 55.6 Å². The first-order chi connectivity index (χ1) is 16.3. The summed E-state index contributed by atoms with van der Waals surface area (Å²) in [5, 5.41) is 4.95. The van der Waals surface area contributed by atoms with Crippen LogP contribution >= 0.6 is 23.2 Å². The summed E-state index contributed by atoms with van der Waals surface area (Å²) in [6, 6.07) is 9.67. The smallest absolute Gasteiger partial charge is 0.252 e. The lowest BCUT2D eigenvalue weighted by molar-refractivity contribution is 0.100. The normalized spacial score (nSPS) is 14.6. The molecule has 1 fully saturated rings. The van der Waals surface area contributed by atoms with Gasteiger partial charge in [-0.15, -0.1) is 0 Å². The van der Waals surface area contributed by atoms with Gasteiger partial charge in [0.15, 0.2) is 0 Å². The first-order valence-electron chi connectivity index (χ1n) is 11.4. The van der Waals surface area contributed by atoms with E-state index in [0.29, 0.717) is 45.1 Å². The monoisotopic (exact) mass is 501 g/mol. The molecule has 0 atom stereocenters. The standard InChI is InChI=1S/C25H29Cl2N5O2/c1-4-34-23-13-21-17(12-22(23)32-9-7-31(8-10-32)15(2)3)24(18(14-29-21)25(28)33)30-16-5-6-19(26)20(27)11-16/h5-6,11-15H,4,7-10H2,1-3H3,(H2,28,33)(H,29,30). The number of amides is 1. The highest BCUT2D eigenvalue weighted by Gasteiger charge is 2.23. The lowest BCUT2D eigenvalue weighted by atomic mass is 10.1. The van der Waals surface area contributed by atoms with Crippen LogP contribution in [-0.2, 0) is 0 Å². The molecular weight excluding hydrogens is 473 g/mol. The Bertz CT molecular complexity index is 1210. The number of hydrogen-bond donors (Lipinski definition) is 2. The number of pyridine rings is 1. The molecule has 180 valence electrons. The van der Waals surface area contributed by atoms with E-state index in [9.17, 15) is 4.79 Å². The van der Waals surface area contributed by atoms with Crippen LogP contribution in [-0.4, -0.2) is 54.6 Å². The zero-order chi connectivity index (χ0) is 24.4. The maximum Gasteiger partial charge on any atom is 0.252 e. The Morgan fingerprint density at radius 3 is 2.50 bits per heavy atom. The van der Waals surface area contributed by atoms with Gasteiger partial charge in [-0.25, -0.2) is 0 Å². The number of piperazine rings is 1. The third kappa shape index (κ3) is 5.02. The number of nitrogens with zero attached hydrogens (tertiary/aromatic N) is 3. The van der Waals surface area contributed by atoms with Crippen LogP contribution in [0.2, 0.25) is 10.0 Å². The van der Waals surface area contributed by atoms with Crippen molar-refractivity contribution in [2.75, 3.05) is 43.0 Å². The van der Waals surface area contributed by atoms with Gasteiger partial charge in [-0.05, 0) is 45.0 Å². The fourth-order valence-corrected chi connectivity index (χ4v) is 4.54. The Kier molecular flexibility index (Phi) is 7.36. The zero-order valence-corrected chi connectivity index (χ0v) is 21.1. The summed E-state index contributed by atoms with van der Waals surface area (Å²) in [6.07, 6.45) is 1.49. The molecule has 1 amide bonds. The predicted octanol–water partition coefficient (Wildman–Crippen LogP) is 5.31. The molecule has 34 heavy (non-hydrogen) atoms. The third-order valence-electron chi connectivity index (χ3n) is 6.09. The second-order valence-corrected chi connectivity index (χ2v) is 9.37. The summed E-state index contributed by atoms with van der Waals surface area (Å²) in [5.41, 5.74) is 8.92. The Balaban J connectivity index is 1.82. The molecule has 9 heteroatoms. The molecule has 0 unspecified atom stereocenters. The molecule has 0 spiro atoms. The molecule has 3 aromatic rings. The highest BCUT2D eigenvalue weighted by molar-refractivity contribution is 6.42. The quantitative estimate of drug-likeness (QED) is 0.456. The number of nitrogens with two attached hydrogens (primary N) is 1. The topological polar surface area (TPSA) is 83.7 Å². The fourth-order valence-electron chi connectivity index (χ4n) is 4.25. The second-order valence-electron chi connectivity index (χ2n) is 8.55. The molecule has 7 nitrogen and oxygen atoms in total. The molecule has 0 saturated carbocycles. The van der Waals surface area contributed by atoms with Crippen LogP contribution < -0.4 is 20.7 Å². The summed E-state index contributed by atoms with van der Waals surface area (Å²) in [6.45, 7) is 10.6. The van der Waals surface area contributed by atoms with E-state index in [1.54, 1.807) is 18.2 Å². The van der Waals surface area contributed by atoms with Gasteiger partial charge < -0.3 is 20.7 Å². The minimum absolute atomic E-state index is 0.290. The summed E-state index contributed by atoms with van der Waals surface area (Å²) < 4.78 is 6.00. The molecule has 0 radical (unpaired) electrons. The van der Waals surface area contributed by atoms with Crippen LogP contribution in [0.25, 0.3) is 10.9 Å². The second kappa shape index (κ2) is 10.3. The SMILES string of the molecule is CCOc1cc2ncc(C(N)=O)c(Nc3ccc(Cl)c(Cl)c3)c2cc1N1CCN(C(C)C)CC1. The van der Waals surface area contributed by atoms with Gasteiger partial charge in [-0.2, -0.15) is 0 Å². The molecule has 4 rings (SSSR count). The minimum atomic E-state index is -0.571. The molecule has 3 N–H and O–H groups in total. The van der Waals surface area contributed by atoms with Crippen LogP contribution in [0, 0.1) is 0 Å². The van der Waals surface area contributed by atoms with E-state index in [1.165, 1.54) is 6.20 Å². The average molecular weight is 502 g/mol. The molecule has 1 aliphatic rings. The number of hydrogen-bond acceptors (Lipinski definition) is 6. The van der Waals surface area contributed by atoms with Gasteiger partial charge in [0.2, 0.25) is 0 Å². The Morgan fingerprint density at radius 1 is 1.15 bits per heavy atom. The van der Waals surface area contributed by atoms with Crippen molar-refractivity contribution in [2.24, 2.45) is 5.73 Å². The summed E-state index contributed by atoms with van der Waals surface area (Å²) in [4.78, 5) is 21.6. The lowest BCUT2D eigenvalue weighted by Gasteiger charge is -2.38. The van der Waals surface area contributed by atoms with Crippen LogP contribution in [0.3, 0.4) is 0 Å². The van der Waals surface area contributed by atoms with Gasteiger partial charge in [0.25, 0.3) is 5.91 Å². The highest BCUT2D eigenvalue weighted by Crippen LogP contribution is 2.39. The summed E-state index contributed by atoms with van der Waals surface area (Å²) >= 11 is 12.3. The molecular formula is C25H29Cl2N5O2. The van der Waals surface area contributed by atoms with Crippen molar-refractivity contribution in [3.05, 3.63) is 52.1 Å². The van der Waals surface area contributed by atoms with E-state index < -0.39 is 5.91 Å². The van der Waals surface area contributed by atoms with Crippen molar-refractivity contribution in [2.45, 2.75) is 26.8 Å². The number of carbonyl (C=O) groups excluding carboxylic acids is 1. The maximum absolute atomic E-state index is 12.3. The average Bonchev–Trinajstić information content (AvgIpc) is 2.81. The van der Waals surface area contributed by atoms with Crippen molar-refractivity contribution >= 4 is 57.1 Å². The number of anilines is 3. The van der Waals surface area contributed by atoms with Crippen molar-refractivity contribution in [3.63, 3.8) is 0 Å². The fraction of sp³-hybridized carbons (Fsp3) is 0.360. The zero-order valence-electron chi connectivity index (χ0n) is 19.6. The van der Waals surface area contributed by atoms with Crippen LogP contribution in [0.4, 0.5) is 17.1 Å². The van der Waals surface area contributed by atoms with Crippen molar-refractivity contribution in [3.8, 4) is 5.75 Å². The van der Waals surface area contributed by atoms with Crippen LogP contribution in [0.1, 0.15) is 31.1 Å². The van der Waals surface area contributed by atoms with Crippen molar-refractivity contribution in [1.29, 1.82) is 0 Å². The predicted molar refractivity (Wildman–Crippen MR) is 140 cm³/mol. The summed E-state index contributed by atoms with van der Waals surface area (Å²) in [7, 11) is 0. The van der Waals surface area contributed by atoms with Crippen LogP contribution in [0.15, 0.2) is 36.5 Å². The Labute approximate surface area is 209 Å². The van der Waals surface area contributed by atoms with E-state index in [1.807, 2.05) is 19.1 Å². The number of aromatic nitrogens is 1. The number of fused-ring (bicyclic) bond motifs is 1. The van der Waals surface area contributed by atoms with E-state index in [2.05, 4.69) is 33.9 Å². The number of carbonyl (C=O) groups is 1. The van der Waals surface area contributed by atoms with Crippen molar-refractivity contribution < 1.29 is 9.53 Å². The third-order valence-corrected chi connectivity index (χ3v) is 6.83. The Hall–Kier alpha value is -2.74. The molecule has 2 heterocycles. The molecule has 0 aliphatic carbocycles. The van der Waals surface area contributed by atoms with Gasteiger partial charge in [0.05, 0.1) is 39.1 Å². The largest absolute Gasteiger partial charge is 0.492 e. The number of primary amides is 1. The number of halogens is 2. The van der Waals surface area contributed by atoms with Crippen LogP contribution in [0.5, 0.6) is 5.75 Å². The number of rotatable bonds is 7. The molecule has 2 aromatic carbocycles. The van der Waals surface area contributed by atoms with E-state index in [4.69, 9.17) is 33.7 Å². The highest BCUT2D eigenvalue weighted by atomic mass is 35.5. The van der Waals surface area contributed by atoms with Gasteiger partial charge in [0.1, 0.15) is 5.75 Å². The van der Waals surface area contributed by atoms with Gasteiger partial charge in [-0.3, -0.25) is 14.7 Å². The summed E-state index contributed by atoms with van der Waals surface area (Å²) in [5.74, 6) is 0.200. The first-order valence-corrected chi connectivity index (χ1v) is 12.1. The van der Waals surface area contributed by atoms with E-state index >= 15 is 0 Å². The van der Waals surface area contributed by atoms with Gasteiger partial charge >= 0.3 is 0 Å². The lowest BCUT2D eigenvalue weighted by Crippen LogP contribution is -2.49. The number of benzene rings is 2. The van der Waals surface area contributed by atoms with Gasteiger partial charge in [-0.1, -0.05) is 23.2 Å². The molecule has 1 aliphatic heterocycles. The molecule has 1 aromatic heterocycles. The number of nitrogens with one attached hydrogen (secondary N) is 1. The molecule has 0 bridgehead atoms. The Morgan fingerprint density at radius 2 is 1.88 bits per heavy atom.